The summed E-state index contributed by atoms with van der Waals surface area (Å²) in [6, 6.07) is 0. The molecule has 0 aromatic carbocycles. The van der Waals surface area contributed by atoms with E-state index >= 15 is 0 Å². The molecule has 0 radical (unpaired) electrons. The molecule has 0 saturated heterocycles. The van der Waals surface area contributed by atoms with Gasteiger partial charge in [-0.3, -0.25) is 9.79 Å². The van der Waals surface area contributed by atoms with Gasteiger partial charge in [0.05, 0.1) is 13.7 Å². The number of nitrogens with one attached hydrogen (secondary N) is 1. The molecule has 1 heterocycles. The van der Waals surface area contributed by atoms with Gasteiger partial charge in [-0.05, 0) is 12.8 Å². The molecule has 1 N–H and O–H groups in total. The zero-order valence-corrected chi connectivity index (χ0v) is 7.09. The van der Waals surface area contributed by atoms with Crippen LogP contribution in [0.25, 0.3) is 0 Å². The SMILES string of the molecule is COC(=O)C1(C2=NCCN2)CC1. The number of amidine groups is 1. The highest BCUT2D eigenvalue weighted by atomic mass is 16.5. The first kappa shape index (κ1) is 7.58. The molecule has 0 spiro atoms. The molecule has 0 aromatic rings. The normalized spacial score (nSPS) is 24.2. The summed E-state index contributed by atoms with van der Waals surface area (Å²) in [7, 11) is 1.43. The first-order valence-corrected chi connectivity index (χ1v) is 4.17. The predicted octanol–water partition coefficient (Wildman–Crippen LogP) is -0.0587. The summed E-state index contributed by atoms with van der Waals surface area (Å²) in [5.74, 6) is 0.699. The Hall–Kier alpha value is -1.06. The highest BCUT2D eigenvalue weighted by Gasteiger charge is 2.56. The Morgan fingerprint density at radius 1 is 1.67 bits per heavy atom. The molecule has 1 aliphatic heterocycles. The van der Waals surface area contributed by atoms with Crippen molar-refractivity contribution in [2.75, 3.05) is 20.2 Å². The van der Waals surface area contributed by atoms with Crippen LogP contribution in [-0.2, 0) is 9.53 Å². The molecule has 0 unspecified atom stereocenters. The van der Waals surface area contributed by atoms with E-state index in [4.69, 9.17) is 4.74 Å². The Bertz CT molecular complexity index is 243. The van der Waals surface area contributed by atoms with Gasteiger partial charge in [-0.25, -0.2) is 0 Å². The van der Waals surface area contributed by atoms with Crippen molar-refractivity contribution < 1.29 is 9.53 Å². The summed E-state index contributed by atoms with van der Waals surface area (Å²) >= 11 is 0. The maximum Gasteiger partial charge on any atom is 0.319 e. The zero-order valence-electron chi connectivity index (χ0n) is 7.09. The second kappa shape index (κ2) is 2.47. The van der Waals surface area contributed by atoms with Gasteiger partial charge in [0, 0.05) is 6.54 Å². The Labute approximate surface area is 71.0 Å². The Kier molecular flexibility index (Phi) is 1.56. The van der Waals surface area contributed by atoms with Crippen LogP contribution >= 0.6 is 0 Å². The van der Waals surface area contributed by atoms with Crippen LogP contribution in [0.15, 0.2) is 4.99 Å². The van der Waals surface area contributed by atoms with E-state index in [1.807, 2.05) is 0 Å². The fraction of sp³-hybridized carbons (Fsp3) is 0.750. The third-order valence-corrected chi connectivity index (χ3v) is 2.45. The summed E-state index contributed by atoms with van der Waals surface area (Å²) in [5.41, 5.74) is -0.384. The van der Waals surface area contributed by atoms with Gasteiger partial charge in [0.2, 0.25) is 0 Å². The number of hydrogen-bond acceptors (Lipinski definition) is 4. The van der Waals surface area contributed by atoms with E-state index < -0.39 is 0 Å². The lowest BCUT2D eigenvalue weighted by molar-refractivity contribution is -0.144. The summed E-state index contributed by atoms with van der Waals surface area (Å²) in [6.45, 7) is 1.64. The van der Waals surface area contributed by atoms with Gasteiger partial charge in [0.25, 0.3) is 0 Å². The second-order valence-electron chi connectivity index (χ2n) is 3.23. The van der Waals surface area contributed by atoms with Crippen molar-refractivity contribution in [2.24, 2.45) is 10.4 Å². The second-order valence-corrected chi connectivity index (χ2v) is 3.23. The minimum Gasteiger partial charge on any atom is -0.468 e. The van der Waals surface area contributed by atoms with Gasteiger partial charge in [-0.2, -0.15) is 0 Å². The molecule has 4 heteroatoms. The quantitative estimate of drug-likeness (QED) is 0.588. The van der Waals surface area contributed by atoms with E-state index in [1.165, 1.54) is 7.11 Å². The predicted molar refractivity (Wildman–Crippen MR) is 44.0 cm³/mol. The van der Waals surface area contributed by atoms with Crippen molar-refractivity contribution in [3.63, 3.8) is 0 Å². The van der Waals surface area contributed by atoms with Gasteiger partial charge in [0.15, 0.2) is 0 Å². The number of aliphatic imine (C=N–C) groups is 1. The van der Waals surface area contributed by atoms with Crippen LogP contribution in [0, 0.1) is 5.41 Å². The third-order valence-electron chi connectivity index (χ3n) is 2.45. The van der Waals surface area contributed by atoms with Crippen molar-refractivity contribution in [2.45, 2.75) is 12.8 Å². The number of carbonyl (C=O) groups excluding carboxylic acids is 1. The molecular formula is C8H12N2O2. The standard InChI is InChI=1S/C8H12N2O2/c1-12-7(11)8(2-3-8)6-9-4-5-10-6/h2-5H2,1H3,(H,9,10). The first-order valence-electron chi connectivity index (χ1n) is 4.17. The summed E-state index contributed by atoms with van der Waals surface area (Å²) in [6.07, 6.45) is 1.76. The highest BCUT2D eigenvalue weighted by Crippen LogP contribution is 2.47. The van der Waals surface area contributed by atoms with Crippen LogP contribution in [0.2, 0.25) is 0 Å². The van der Waals surface area contributed by atoms with Crippen LogP contribution in [0.5, 0.6) is 0 Å². The van der Waals surface area contributed by atoms with Gasteiger partial charge in [-0.15, -0.1) is 0 Å². The Morgan fingerprint density at radius 2 is 2.42 bits per heavy atom. The zero-order chi connectivity index (χ0) is 8.60. The van der Waals surface area contributed by atoms with E-state index in [0.29, 0.717) is 0 Å². The van der Waals surface area contributed by atoms with Crippen molar-refractivity contribution in [3.05, 3.63) is 0 Å². The van der Waals surface area contributed by atoms with Crippen molar-refractivity contribution >= 4 is 11.8 Å². The minimum atomic E-state index is -0.384. The number of methoxy groups -OCH3 is 1. The number of rotatable bonds is 2. The van der Waals surface area contributed by atoms with E-state index in [2.05, 4.69) is 10.3 Å². The van der Waals surface area contributed by atoms with E-state index in [-0.39, 0.29) is 11.4 Å². The summed E-state index contributed by atoms with van der Waals surface area (Å²) in [5, 5.41) is 3.12. The van der Waals surface area contributed by atoms with E-state index in [0.717, 1.165) is 31.8 Å². The molecule has 0 amide bonds. The molecule has 66 valence electrons. The largest absolute Gasteiger partial charge is 0.468 e. The minimum absolute atomic E-state index is 0.143. The molecule has 4 nitrogen and oxygen atoms in total. The lowest BCUT2D eigenvalue weighted by Gasteiger charge is -2.12. The van der Waals surface area contributed by atoms with Crippen molar-refractivity contribution in [3.8, 4) is 0 Å². The molecular weight excluding hydrogens is 156 g/mol. The van der Waals surface area contributed by atoms with Crippen LogP contribution in [-0.4, -0.2) is 32.0 Å². The monoisotopic (exact) mass is 168 g/mol. The molecule has 0 atom stereocenters. The van der Waals surface area contributed by atoms with Gasteiger partial charge in [0.1, 0.15) is 11.3 Å². The van der Waals surface area contributed by atoms with Crippen molar-refractivity contribution in [1.82, 2.24) is 5.32 Å². The number of nitrogens with zero attached hydrogens (tertiary/aromatic N) is 1. The smallest absolute Gasteiger partial charge is 0.319 e. The van der Waals surface area contributed by atoms with Crippen LogP contribution in [0.1, 0.15) is 12.8 Å². The average molecular weight is 168 g/mol. The average Bonchev–Trinajstić information content (AvgIpc) is 2.73. The van der Waals surface area contributed by atoms with E-state index in [9.17, 15) is 4.79 Å². The lowest BCUT2D eigenvalue weighted by Crippen LogP contribution is -2.35. The molecule has 1 saturated carbocycles. The number of carbonyl (C=O) groups is 1. The van der Waals surface area contributed by atoms with Crippen LogP contribution in [0.3, 0.4) is 0 Å². The van der Waals surface area contributed by atoms with Crippen LogP contribution in [0.4, 0.5) is 0 Å². The van der Waals surface area contributed by atoms with Gasteiger partial charge < -0.3 is 10.1 Å². The fourth-order valence-electron chi connectivity index (χ4n) is 1.58. The summed E-state index contributed by atoms with van der Waals surface area (Å²) < 4.78 is 4.73. The topological polar surface area (TPSA) is 50.7 Å². The van der Waals surface area contributed by atoms with Gasteiger partial charge >= 0.3 is 5.97 Å². The molecule has 1 fully saturated rings. The Morgan fingerprint density at radius 3 is 2.83 bits per heavy atom. The maximum absolute atomic E-state index is 11.3. The van der Waals surface area contributed by atoms with Gasteiger partial charge in [-0.1, -0.05) is 0 Å². The summed E-state index contributed by atoms with van der Waals surface area (Å²) in [4.78, 5) is 15.6. The van der Waals surface area contributed by atoms with E-state index in [1.54, 1.807) is 0 Å². The van der Waals surface area contributed by atoms with Crippen molar-refractivity contribution in [1.29, 1.82) is 0 Å². The number of hydrogen-bond donors (Lipinski definition) is 1. The molecule has 0 aromatic heterocycles. The molecule has 2 rings (SSSR count). The fourth-order valence-corrected chi connectivity index (χ4v) is 1.58. The highest BCUT2D eigenvalue weighted by molar-refractivity contribution is 6.08. The molecule has 12 heavy (non-hydrogen) atoms. The first-order chi connectivity index (χ1) is 5.79. The molecule has 0 bridgehead atoms. The Balaban J connectivity index is 2.15. The maximum atomic E-state index is 11.3. The number of ether oxygens (including phenoxy) is 1. The third kappa shape index (κ3) is 0.906. The lowest BCUT2D eigenvalue weighted by atomic mass is 10.1. The van der Waals surface area contributed by atoms with Crippen LogP contribution < -0.4 is 5.32 Å². The number of esters is 1. The molecule has 1 aliphatic carbocycles. The molecule has 2 aliphatic rings.